The van der Waals surface area contributed by atoms with Gasteiger partial charge in [0.25, 0.3) is 5.91 Å². The Morgan fingerprint density at radius 2 is 1.84 bits per heavy atom. The van der Waals surface area contributed by atoms with Crippen molar-refractivity contribution in [3.63, 3.8) is 0 Å². The molecule has 1 aromatic carbocycles. The molecule has 0 fully saturated rings. The summed E-state index contributed by atoms with van der Waals surface area (Å²) < 4.78 is 4.48. The van der Waals surface area contributed by atoms with Crippen molar-refractivity contribution in [1.29, 1.82) is 0 Å². The van der Waals surface area contributed by atoms with Crippen LogP contribution in [-0.2, 0) is 9.53 Å². The number of aliphatic hydroxyl groups is 1. The topological polar surface area (TPSA) is 75.6 Å². The van der Waals surface area contributed by atoms with Crippen LogP contribution in [-0.4, -0.2) is 36.7 Å². The van der Waals surface area contributed by atoms with Crippen molar-refractivity contribution in [3.8, 4) is 0 Å². The standard InChI is InChI=1S/C14H19NO4/c1-9(2)10-4-6-11(7-5-10)13(17)15-12(8-16)14(18)19-3/h4-7,9,12,16H,8H2,1-3H3,(H,15,17)/t12-/m0/s1. The molecule has 0 unspecified atom stereocenters. The zero-order valence-corrected chi connectivity index (χ0v) is 11.3. The third kappa shape index (κ3) is 4.06. The van der Waals surface area contributed by atoms with Gasteiger partial charge in [-0.25, -0.2) is 4.79 Å². The minimum Gasteiger partial charge on any atom is -0.467 e. The average molecular weight is 265 g/mol. The molecule has 1 rings (SSSR count). The van der Waals surface area contributed by atoms with Gasteiger partial charge in [0.1, 0.15) is 0 Å². The Labute approximate surface area is 112 Å². The molecule has 5 nitrogen and oxygen atoms in total. The molecule has 0 aromatic heterocycles. The van der Waals surface area contributed by atoms with Crippen molar-refractivity contribution < 1.29 is 19.4 Å². The molecule has 104 valence electrons. The fourth-order valence-electron chi connectivity index (χ4n) is 1.58. The summed E-state index contributed by atoms with van der Waals surface area (Å²) in [4.78, 5) is 23.1. The third-order valence-corrected chi connectivity index (χ3v) is 2.81. The van der Waals surface area contributed by atoms with E-state index in [0.29, 0.717) is 11.5 Å². The predicted molar refractivity (Wildman–Crippen MR) is 70.9 cm³/mol. The molecule has 1 aromatic rings. The first-order valence-electron chi connectivity index (χ1n) is 6.09. The number of ether oxygens (including phenoxy) is 1. The molecule has 5 heteroatoms. The number of hydrogen-bond acceptors (Lipinski definition) is 4. The van der Waals surface area contributed by atoms with Crippen molar-refractivity contribution in [1.82, 2.24) is 5.32 Å². The first-order valence-corrected chi connectivity index (χ1v) is 6.09. The first-order chi connectivity index (χ1) is 8.99. The van der Waals surface area contributed by atoms with E-state index in [4.69, 9.17) is 5.11 Å². The summed E-state index contributed by atoms with van der Waals surface area (Å²) in [5.74, 6) is -0.702. The fourth-order valence-corrected chi connectivity index (χ4v) is 1.58. The number of amides is 1. The molecule has 19 heavy (non-hydrogen) atoms. The largest absolute Gasteiger partial charge is 0.467 e. The monoisotopic (exact) mass is 265 g/mol. The Morgan fingerprint density at radius 3 is 2.26 bits per heavy atom. The normalized spacial score (nSPS) is 12.1. The summed E-state index contributed by atoms with van der Waals surface area (Å²) in [7, 11) is 1.20. The van der Waals surface area contributed by atoms with Gasteiger partial charge in [-0.3, -0.25) is 4.79 Å². The SMILES string of the molecule is COC(=O)[C@H](CO)NC(=O)c1ccc(C(C)C)cc1. The van der Waals surface area contributed by atoms with E-state index >= 15 is 0 Å². The van der Waals surface area contributed by atoms with E-state index in [0.717, 1.165) is 5.56 Å². The van der Waals surface area contributed by atoms with E-state index in [2.05, 4.69) is 23.9 Å². The minimum absolute atomic E-state index is 0.386. The van der Waals surface area contributed by atoms with Crippen molar-refractivity contribution in [3.05, 3.63) is 35.4 Å². The summed E-state index contributed by atoms with van der Waals surface area (Å²) in [5.41, 5.74) is 1.56. The molecule has 0 radical (unpaired) electrons. The Bertz CT molecular complexity index is 439. The number of aliphatic hydroxyl groups excluding tert-OH is 1. The van der Waals surface area contributed by atoms with E-state index < -0.39 is 24.5 Å². The van der Waals surface area contributed by atoms with E-state index in [9.17, 15) is 9.59 Å². The maximum atomic E-state index is 11.9. The number of esters is 1. The summed E-state index contributed by atoms with van der Waals surface area (Å²) >= 11 is 0. The molecule has 0 bridgehead atoms. The van der Waals surface area contributed by atoms with Crippen LogP contribution >= 0.6 is 0 Å². The zero-order chi connectivity index (χ0) is 14.4. The number of methoxy groups -OCH3 is 1. The lowest BCUT2D eigenvalue weighted by molar-refractivity contribution is -0.143. The van der Waals surface area contributed by atoms with E-state index in [1.165, 1.54) is 7.11 Å². The molecule has 0 saturated heterocycles. The highest BCUT2D eigenvalue weighted by molar-refractivity contribution is 5.96. The summed E-state index contributed by atoms with van der Waals surface area (Å²) in [5, 5.41) is 11.4. The first kappa shape index (κ1) is 15.2. The summed E-state index contributed by atoms with van der Waals surface area (Å²) in [6.07, 6.45) is 0. The molecule has 0 aliphatic carbocycles. The highest BCUT2D eigenvalue weighted by Crippen LogP contribution is 2.14. The van der Waals surface area contributed by atoms with Gasteiger partial charge in [0.15, 0.2) is 6.04 Å². The van der Waals surface area contributed by atoms with Gasteiger partial charge < -0.3 is 15.2 Å². The van der Waals surface area contributed by atoms with Crippen LogP contribution in [0.2, 0.25) is 0 Å². The van der Waals surface area contributed by atoms with Crippen LogP contribution < -0.4 is 5.32 Å². The molecule has 1 amide bonds. The van der Waals surface area contributed by atoms with Gasteiger partial charge in [-0.2, -0.15) is 0 Å². The molecule has 2 N–H and O–H groups in total. The second kappa shape index (κ2) is 6.89. The molecular formula is C14H19NO4. The van der Waals surface area contributed by atoms with Crippen molar-refractivity contribution in [2.24, 2.45) is 0 Å². The Kier molecular flexibility index (Phi) is 5.51. The summed E-state index contributed by atoms with van der Waals surface area (Å²) in [6.45, 7) is 3.63. The average Bonchev–Trinajstić information content (AvgIpc) is 2.43. The van der Waals surface area contributed by atoms with Crippen LogP contribution in [0.25, 0.3) is 0 Å². The Balaban J connectivity index is 2.74. The number of hydrogen-bond donors (Lipinski definition) is 2. The molecule has 1 atom stereocenters. The van der Waals surface area contributed by atoms with Crippen LogP contribution in [0.5, 0.6) is 0 Å². The lowest BCUT2D eigenvalue weighted by Crippen LogP contribution is -2.44. The maximum Gasteiger partial charge on any atom is 0.330 e. The zero-order valence-electron chi connectivity index (χ0n) is 11.3. The smallest absolute Gasteiger partial charge is 0.330 e. The molecule has 0 aliphatic heterocycles. The Hall–Kier alpha value is -1.88. The molecule has 0 aliphatic rings. The fraction of sp³-hybridized carbons (Fsp3) is 0.429. The number of carbonyl (C=O) groups excluding carboxylic acids is 2. The predicted octanol–water partition coefficient (Wildman–Crippen LogP) is 1.07. The van der Waals surface area contributed by atoms with E-state index in [1.807, 2.05) is 12.1 Å². The quantitative estimate of drug-likeness (QED) is 0.781. The van der Waals surface area contributed by atoms with Crippen molar-refractivity contribution in [2.45, 2.75) is 25.8 Å². The number of benzene rings is 1. The van der Waals surface area contributed by atoms with Gasteiger partial charge in [0.2, 0.25) is 0 Å². The Morgan fingerprint density at radius 1 is 1.26 bits per heavy atom. The number of rotatable bonds is 5. The van der Waals surface area contributed by atoms with Crippen molar-refractivity contribution in [2.75, 3.05) is 13.7 Å². The highest BCUT2D eigenvalue weighted by atomic mass is 16.5. The lowest BCUT2D eigenvalue weighted by Gasteiger charge is -2.14. The second-order valence-electron chi connectivity index (χ2n) is 4.51. The van der Waals surface area contributed by atoms with Crippen molar-refractivity contribution >= 4 is 11.9 Å². The van der Waals surface area contributed by atoms with Crippen LogP contribution in [0.15, 0.2) is 24.3 Å². The second-order valence-corrected chi connectivity index (χ2v) is 4.51. The van der Waals surface area contributed by atoms with Crippen LogP contribution in [0.4, 0.5) is 0 Å². The van der Waals surface area contributed by atoms with Crippen LogP contribution in [0.3, 0.4) is 0 Å². The van der Waals surface area contributed by atoms with Gasteiger partial charge in [0.05, 0.1) is 13.7 Å². The number of nitrogens with one attached hydrogen (secondary N) is 1. The molecule has 0 spiro atoms. The van der Waals surface area contributed by atoms with Crippen LogP contribution in [0.1, 0.15) is 35.7 Å². The number of carbonyl (C=O) groups is 2. The van der Waals surface area contributed by atoms with Gasteiger partial charge >= 0.3 is 5.97 Å². The van der Waals surface area contributed by atoms with E-state index in [1.54, 1.807) is 12.1 Å². The molecular weight excluding hydrogens is 246 g/mol. The minimum atomic E-state index is -1.04. The lowest BCUT2D eigenvalue weighted by atomic mass is 10.0. The highest BCUT2D eigenvalue weighted by Gasteiger charge is 2.21. The summed E-state index contributed by atoms with van der Waals surface area (Å²) in [6, 6.07) is 6.08. The van der Waals surface area contributed by atoms with Gasteiger partial charge in [-0.15, -0.1) is 0 Å². The van der Waals surface area contributed by atoms with Gasteiger partial charge in [-0.1, -0.05) is 26.0 Å². The van der Waals surface area contributed by atoms with Gasteiger partial charge in [0, 0.05) is 5.56 Å². The van der Waals surface area contributed by atoms with E-state index in [-0.39, 0.29) is 0 Å². The molecule has 0 heterocycles. The third-order valence-electron chi connectivity index (χ3n) is 2.81. The molecule has 0 saturated carbocycles. The van der Waals surface area contributed by atoms with Crippen LogP contribution in [0, 0.1) is 0 Å². The van der Waals surface area contributed by atoms with Gasteiger partial charge in [-0.05, 0) is 23.6 Å². The maximum absolute atomic E-state index is 11.9.